The predicted octanol–water partition coefficient (Wildman–Crippen LogP) is 3.75. The summed E-state index contributed by atoms with van der Waals surface area (Å²) in [6, 6.07) is 24.1. The Hall–Kier alpha value is -3.47. The lowest BCUT2D eigenvalue weighted by molar-refractivity contribution is -0.114. The van der Waals surface area contributed by atoms with Crippen LogP contribution >= 0.6 is 0 Å². The number of pyridine rings is 1. The molecule has 1 atom stereocenters. The highest BCUT2D eigenvalue weighted by Gasteiger charge is 2.32. The quantitative estimate of drug-likeness (QED) is 0.719. The van der Waals surface area contributed by atoms with Gasteiger partial charge in [0.2, 0.25) is 0 Å². The van der Waals surface area contributed by atoms with Crippen LogP contribution in [0.4, 0.5) is 5.69 Å². The molecule has 5 nitrogen and oxygen atoms in total. The molecule has 1 N–H and O–H groups in total. The normalized spacial score (nSPS) is 15.9. The van der Waals surface area contributed by atoms with E-state index in [1.165, 1.54) is 0 Å². The Kier molecular flexibility index (Phi) is 5.43. The van der Waals surface area contributed by atoms with E-state index in [0.29, 0.717) is 18.7 Å². The molecule has 0 aliphatic carbocycles. The summed E-state index contributed by atoms with van der Waals surface area (Å²) in [5.74, 6) is -0.108. The fraction of sp³-hybridized carbons (Fsp3) is 0.174. The van der Waals surface area contributed by atoms with Crippen LogP contribution < -0.4 is 10.3 Å². The smallest absolute Gasteiger partial charge is 0.267 e. The topological polar surface area (TPSA) is 57.6 Å². The van der Waals surface area contributed by atoms with E-state index < -0.39 is 0 Å². The summed E-state index contributed by atoms with van der Waals surface area (Å²) in [6.07, 6.45) is 4.90. The zero-order valence-electron chi connectivity index (χ0n) is 15.5. The zero-order valence-corrected chi connectivity index (χ0v) is 15.5. The minimum Gasteiger partial charge on any atom is -0.351 e. The van der Waals surface area contributed by atoms with Crippen molar-refractivity contribution in [2.45, 2.75) is 18.9 Å². The molecule has 1 aliphatic rings. The minimum atomic E-state index is -0.108. The number of para-hydroxylation sites is 1. The summed E-state index contributed by atoms with van der Waals surface area (Å²) < 4.78 is 0. The molecule has 3 aromatic rings. The van der Waals surface area contributed by atoms with Gasteiger partial charge in [-0.3, -0.25) is 14.8 Å². The first kappa shape index (κ1) is 17.9. The number of hydrogen-bond donors (Lipinski definition) is 1. The number of hydrogen-bond acceptors (Lipinski definition) is 4. The molecule has 0 fully saturated rings. The summed E-state index contributed by atoms with van der Waals surface area (Å²) in [7, 11) is 0. The van der Waals surface area contributed by atoms with Gasteiger partial charge in [0, 0.05) is 25.4 Å². The number of carbonyl (C=O) groups excluding carboxylic acids is 1. The van der Waals surface area contributed by atoms with E-state index in [2.05, 4.69) is 27.5 Å². The number of anilines is 1. The van der Waals surface area contributed by atoms with Crippen LogP contribution in [0.1, 0.15) is 23.6 Å². The fourth-order valence-corrected chi connectivity index (χ4v) is 3.37. The largest absolute Gasteiger partial charge is 0.351 e. The second-order valence-corrected chi connectivity index (χ2v) is 6.72. The third kappa shape index (κ3) is 4.09. The molecule has 0 radical (unpaired) electrons. The van der Waals surface area contributed by atoms with E-state index in [1.54, 1.807) is 6.20 Å². The van der Waals surface area contributed by atoms with Crippen LogP contribution in [0, 0.1) is 0 Å². The summed E-state index contributed by atoms with van der Waals surface area (Å²) in [4.78, 5) is 16.8. The van der Waals surface area contributed by atoms with E-state index in [9.17, 15) is 4.79 Å². The second kappa shape index (κ2) is 8.48. The molecule has 4 rings (SSSR count). The van der Waals surface area contributed by atoms with Crippen molar-refractivity contribution in [1.29, 1.82) is 0 Å². The minimum absolute atomic E-state index is 0.0164. The molecule has 0 saturated carbocycles. The third-order valence-electron chi connectivity index (χ3n) is 4.80. The number of amides is 1. The lowest BCUT2D eigenvalue weighted by atomic mass is 10.0. The van der Waals surface area contributed by atoms with Crippen molar-refractivity contribution >= 4 is 17.3 Å². The highest BCUT2D eigenvalue weighted by Crippen LogP contribution is 2.34. The van der Waals surface area contributed by atoms with Gasteiger partial charge >= 0.3 is 0 Å². The molecule has 2 heterocycles. The maximum Gasteiger partial charge on any atom is 0.267 e. The van der Waals surface area contributed by atoms with Gasteiger partial charge in [0.25, 0.3) is 5.91 Å². The van der Waals surface area contributed by atoms with Gasteiger partial charge in [-0.2, -0.15) is 5.10 Å². The van der Waals surface area contributed by atoms with Crippen molar-refractivity contribution in [2.75, 3.05) is 11.6 Å². The van der Waals surface area contributed by atoms with E-state index in [1.807, 2.05) is 71.9 Å². The second-order valence-electron chi connectivity index (χ2n) is 6.72. The first-order valence-electron chi connectivity index (χ1n) is 9.45. The maximum absolute atomic E-state index is 12.7. The number of rotatable bonds is 6. The van der Waals surface area contributed by atoms with Gasteiger partial charge in [-0.1, -0.05) is 54.6 Å². The Morgan fingerprint density at radius 2 is 1.75 bits per heavy atom. The van der Waals surface area contributed by atoms with Gasteiger partial charge in [0.05, 0.1) is 11.7 Å². The number of nitrogens with zero attached hydrogens (tertiary/aromatic N) is 3. The molecule has 1 unspecified atom stereocenters. The summed E-state index contributed by atoms with van der Waals surface area (Å²) in [5.41, 5.74) is 3.79. The molecule has 0 saturated heterocycles. The average molecular weight is 370 g/mol. The van der Waals surface area contributed by atoms with Crippen LogP contribution in [0.5, 0.6) is 0 Å². The van der Waals surface area contributed by atoms with E-state index in [-0.39, 0.29) is 11.9 Å². The van der Waals surface area contributed by atoms with Gasteiger partial charge in [0.15, 0.2) is 0 Å². The van der Waals surface area contributed by atoms with E-state index in [0.717, 1.165) is 23.2 Å². The van der Waals surface area contributed by atoms with Gasteiger partial charge in [-0.25, -0.2) is 0 Å². The summed E-state index contributed by atoms with van der Waals surface area (Å²) >= 11 is 0. The van der Waals surface area contributed by atoms with Gasteiger partial charge in [-0.05, 0) is 35.7 Å². The Morgan fingerprint density at radius 1 is 1.00 bits per heavy atom. The number of aromatic nitrogens is 1. The molecule has 0 bridgehead atoms. The average Bonchev–Trinajstić information content (AvgIpc) is 3.21. The van der Waals surface area contributed by atoms with Crippen LogP contribution in [-0.4, -0.2) is 23.1 Å². The monoisotopic (exact) mass is 370 g/mol. The first-order valence-corrected chi connectivity index (χ1v) is 9.45. The maximum atomic E-state index is 12.7. The molecule has 1 aromatic heterocycles. The van der Waals surface area contributed by atoms with Crippen LogP contribution in [0.25, 0.3) is 0 Å². The molecular formula is C23H22N4O. The van der Waals surface area contributed by atoms with Crippen molar-refractivity contribution in [3.05, 3.63) is 96.3 Å². The lowest BCUT2D eigenvalue weighted by Gasteiger charge is -2.23. The van der Waals surface area contributed by atoms with Crippen LogP contribution in [-0.2, 0) is 11.2 Å². The van der Waals surface area contributed by atoms with E-state index in [4.69, 9.17) is 0 Å². The standard InChI is InChI=1S/C23H22N4O/c28-23(25-15-13-18-8-7-14-24-17-18)21-16-22(19-9-3-1-4-10-19)27(26-21)20-11-5-2-6-12-20/h1-12,14,17,22H,13,15-16H2,(H,25,28). The van der Waals surface area contributed by atoms with Gasteiger partial charge in [0.1, 0.15) is 5.71 Å². The van der Waals surface area contributed by atoms with Crippen LogP contribution in [0.15, 0.2) is 90.3 Å². The Labute approximate surface area is 164 Å². The van der Waals surface area contributed by atoms with Crippen molar-refractivity contribution in [2.24, 2.45) is 5.10 Å². The van der Waals surface area contributed by atoms with Crippen LogP contribution in [0.3, 0.4) is 0 Å². The fourth-order valence-electron chi connectivity index (χ4n) is 3.37. The molecule has 28 heavy (non-hydrogen) atoms. The highest BCUT2D eigenvalue weighted by molar-refractivity contribution is 6.39. The molecular weight excluding hydrogens is 348 g/mol. The van der Waals surface area contributed by atoms with Crippen molar-refractivity contribution in [3.8, 4) is 0 Å². The number of hydrazone groups is 1. The highest BCUT2D eigenvalue weighted by atomic mass is 16.2. The molecule has 2 aromatic carbocycles. The van der Waals surface area contributed by atoms with E-state index >= 15 is 0 Å². The summed E-state index contributed by atoms with van der Waals surface area (Å²) in [6.45, 7) is 0.560. The van der Waals surface area contributed by atoms with Crippen LogP contribution in [0.2, 0.25) is 0 Å². The number of carbonyl (C=O) groups is 1. The molecule has 1 aliphatic heterocycles. The number of benzene rings is 2. The first-order chi connectivity index (χ1) is 13.8. The van der Waals surface area contributed by atoms with Crippen molar-refractivity contribution < 1.29 is 4.79 Å². The molecule has 1 amide bonds. The Balaban J connectivity index is 1.48. The molecule has 5 heteroatoms. The zero-order chi connectivity index (χ0) is 19.2. The summed E-state index contributed by atoms with van der Waals surface area (Å²) in [5, 5.41) is 9.61. The molecule has 140 valence electrons. The molecule has 0 spiro atoms. The van der Waals surface area contributed by atoms with Gasteiger partial charge < -0.3 is 5.32 Å². The van der Waals surface area contributed by atoms with Crippen molar-refractivity contribution in [3.63, 3.8) is 0 Å². The van der Waals surface area contributed by atoms with Gasteiger partial charge in [-0.15, -0.1) is 0 Å². The van der Waals surface area contributed by atoms with Crippen molar-refractivity contribution in [1.82, 2.24) is 10.3 Å². The SMILES string of the molecule is O=C(NCCc1cccnc1)C1=NN(c2ccccc2)C(c2ccccc2)C1. The third-order valence-corrected chi connectivity index (χ3v) is 4.80. The lowest BCUT2D eigenvalue weighted by Crippen LogP contribution is -2.32. The number of nitrogens with one attached hydrogen (secondary N) is 1. The predicted molar refractivity (Wildman–Crippen MR) is 111 cm³/mol. The Morgan fingerprint density at radius 3 is 2.46 bits per heavy atom. The Bertz CT molecular complexity index is 942.